The van der Waals surface area contributed by atoms with Gasteiger partial charge in [0.15, 0.2) is 11.6 Å². The molecule has 6 heteroatoms. The molecule has 236 valence electrons. The third-order valence-corrected chi connectivity index (χ3v) is 10.7. The average Bonchev–Trinajstić information content (AvgIpc) is 3.92. The molecular formula is C43H32N4S2. The minimum atomic E-state index is -0.219. The highest BCUT2D eigenvalue weighted by molar-refractivity contribution is 7.13. The first kappa shape index (κ1) is 30.8. The van der Waals surface area contributed by atoms with Crippen molar-refractivity contribution in [1.29, 1.82) is 0 Å². The molecule has 0 bridgehead atoms. The molecule has 0 aliphatic carbocycles. The SMILES string of the molecule is CC(C)(c1ccc(-c2cc(-c3cccs3)nc(-c3ccccc3)n2)cc1)c1ccc(-c2cc(-c3cccs3)nc(-c3ccccc3)n2)cc1. The molecule has 4 aromatic carbocycles. The second-order valence-electron chi connectivity index (χ2n) is 12.4. The van der Waals surface area contributed by atoms with E-state index >= 15 is 0 Å². The molecule has 0 saturated carbocycles. The van der Waals surface area contributed by atoms with Gasteiger partial charge >= 0.3 is 0 Å². The monoisotopic (exact) mass is 668 g/mol. The summed E-state index contributed by atoms with van der Waals surface area (Å²) < 4.78 is 0. The lowest BCUT2D eigenvalue weighted by Crippen LogP contribution is -2.18. The largest absolute Gasteiger partial charge is 0.228 e. The van der Waals surface area contributed by atoms with Crippen LogP contribution < -0.4 is 0 Å². The van der Waals surface area contributed by atoms with Gasteiger partial charge in [-0.05, 0) is 46.2 Å². The minimum absolute atomic E-state index is 0.219. The van der Waals surface area contributed by atoms with E-state index in [1.165, 1.54) is 11.1 Å². The van der Waals surface area contributed by atoms with Gasteiger partial charge in [-0.2, -0.15) is 0 Å². The maximum atomic E-state index is 5.00. The lowest BCUT2D eigenvalue weighted by atomic mass is 9.77. The van der Waals surface area contributed by atoms with Crippen molar-refractivity contribution in [3.8, 4) is 66.4 Å². The molecule has 4 aromatic heterocycles. The summed E-state index contributed by atoms with van der Waals surface area (Å²) >= 11 is 3.38. The van der Waals surface area contributed by atoms with E-state index in [4.69, 9.17) is 19.9 Å². The Morgan fingerprint density at radius 3 is 1.14 bits per heavy atom. The van der Waals surface area contributed by atoms with Gasteiger partial charge in [-0.15, -0.1) is 22.7 Å². The number of hydrogen-bond donors (Lipinski definition) is 0. The van der Waals surface area contributed by atoms with Gasteiger partial charge < -0.3 is 0 Å². The van der Waals surface area contributed by atoms with Gasteiger partial charge in [0.1, 0.15) is 0 Å². The Bertz CT molecular complexity index is 2150. The molecule has 8 rings (SSSR count). The van der Waals surface area contributed by atoms with Crippen molar-refractivity contribution in [2.45, 2.75) is 19.3 Å². The van der Waals surface area contributed by atoms with Crippen LogP contribution in [-0.4, -0.2) is 19.9 Å². The summed E-state index contributed by atoms with van der Waals surface area (Å²) in [5.74, 6) is 1.46. The molecule has 0 amide bonds. The lowest BCUT2D eigenvalue weighted by Gasteiger charge is -2.26. The molecule has 4 heterocycles. The van der Waals surface area contributed by atoms with E-state index in [1.54, 1.807) is 22.7 Å². The van der Waals surface area contributed by atoms with Crippen molar-refractivity contribution in [3.63, 3.8) is 0 Å². The highest BCUT2D eigenvalue weighted by Gasteiger charge is 2.24. The van der Waals surface area contributed by atoms with Crippen LogP contribution in [0.3, 0.4) is 0 Å². The third kappa shape index (κ3) is 6.36. The van der Waals surface area contributed by atoms with E-state index in [0.717, 1.165) is 66.4 Å². The molecule has 0 atom stereocenters. The van der Waals surface area contributed by atoms with Crippen LogP contribution in [0.2, 0.25) is 0 Å². The first-order valence-corrected chi connectivity index (χ1v) is 18.0. The van der Waals surface area contributed by atoms with E-state index in [-0.39, 0.29) is 5.41 Å². The smallest absolute Gasteiger partial charge is 0.160 e. The van der Waals surface area contributed by atoms with Gasteiger partial charge in [-0.25, -0.2) is 19.9 Å². The van der Waals surface area contributed by atoms with Gasteiger partial charge in [-0.3, -0.25) is 0 Å². The third-order valence-electron chi connectivity index (χ3n) is 8.87. The summed E-state index contributed by atoms with van der Waals surface area (Å²) in [6.45, 7) is 4.55. The van der Waals surface area contributed by atoms with Crippen LogP contribution in [0.4, 0.5) is 0 Å². The predicted octanol–water partition coefficient (Wildman–Crippen LogP) is 11.7. The van der Waals surface area contributed by atoms with Crippen molar-refractivity contribution >= 4 is 22.7 Å². The van der Waals surface area contributed by atoms with Crippen molar-refractivity contribution in [1.82, 2.24) is 19.9 Å². The number of rotatable bonds is 8. The first-order chi connectivity index (χ1) is 24.0. The molecule has 0 unspecified atom stereocenters. The van der Waals surface area contributed by atoms with Gasteiger partial charge in [0.25, 0.3) is 0 Å². The van der Waals surface area contributed by atoms with E-state index in [9.17, 15) is 0 Å². The maximum Gasteiger partial charge on any atom is 0.160 e. The average molecular weight is 669 g/mol. The summed E-state index contributed by atoms with van der Waals surface area (Å²) in [7, 11) is 0. The predicted molar refractivity (Wildman–Crippen MR) is 205 cm³/mol. The van der Waals surface area contributed by atoms with Crippen LogP contribution >= 0.6 is 22.7 Å². The summed E-state index contributed by atoms with van der Waals surface area (Å²) in [5, 5.41) is 4.17. The fourth-order valence-corrected chi connectivity index (χ4v) is 7.38. The number of benzene rings is 4. The van der Waals surface area contributed by atoms with E-state index in [0.29, 0.717) is 0 Å². The highest BCUT2D eigenvalue weighted by atomic mass is 32.1. The summed E-state index contributed by atoms with van der Waals surface area (Å²) in [6.07, 6.45) is 0. The molecule has 8 aromatic rings. The maximum absolute atomic E-state index is 5.00. The Morgan fingerprint density at radius 2 is 0.776 bits per heavy atom. The van der Waals surface area contributed by atoms with Crippen LogP contribution in [-0.2, 0) is 5.41 Å². The van der Waals surface area contributed by atoms with Crippen LogP contribution in [0, 0.1) is 0 Å². The summed E-state index contributed by atoms with van der Waals surface area (Å²) in [5.41, 5.74) is 10.1. The van der Waals surface area contributed by atoms with E-state index < -0.39 is 0 Å². The standard InChI is InChI=1S/C43H32N4S2/c1-43(2,33-21-17-29(18-22-33)35-27-37(39-15-9-25-48-39)46-41(44-35)31-11-5-3-6-12-31)34-23-19-30(20-24-34)36-28-38(40-16-10-26-49-40)47-42(45-36)32-13-7-4-8-14-32/h3-28H,1-2H3. The fraction of sp³-hybridized carbons (Fsp3) is 0.0698. The Kier molecular flexibility index (Phi) is 8.25. The van der Waals surface area contributed by atoms with Gasteiger partial charge in [-0.1, -0.05) is 135 Å². The van der Waals surface area contributed by atoms with Crippen LogP contribution in [0.15, 0.2) is 156 Å². The molecule has 0 radical (unpaired) electrons. The van der Waals surface area contributed by atoms with Crippen molar-refractivity contribution in [3.05, 3.63) is 167 Å². The molecule has 0 saturated heterocycles. The molecule has 4 nitrogen and oxygen atoms in total. The quantitative estimate of drug-likeness (QED) is 0.162. The number of thiophene rings is 2. The van der Waals surface area contributed by atoms with E-state index in [2.05, 4.69) is 134 Å². The number of hydrogen-bond acceptors (Lipinski definition) is 6. The lowest BCUT2D eigenvalue weighted by molar-refractivity contribution is 0.641. The van der Waals surface area contributed by atoms with Crippen LogP contribution in [0.5, 0.6) is 0 Å². The van der Waals surface area contributed by atoms with E-state index in [1.807, 2.05) is 36.4 Å². The van der Waals surface area contributed by atoms with Gasteiger partial charge in [0.05, 0.1) is 32.5 Å². The van der Waals surface area contributed by atoms with Crippen molar-refractivity contribution in [2.24, 2.45) is 0 Å². The zero-order chi connectivity index (χ0) is 33.2. The van der Waals surface area contributed by atoms with Crippen LogP contribution in [0.25, 0.3) is 66.4 Å². The Labute approximate surface area is 294 Å². The molecule has 0 aliphatic heterocycles. The molecule has 0 fully saturated rings. The Hall–Kier alpha value is -5.56. The first-order valence-electron chi connectivity index (χ1n) is 16.2. The molecule has 49 heavy (non-hydrogen) atoms. The molecule has 0 spiro atoms. The molecular weight excluding hydrogens is 637 g/mol. The normalized spacial score (nSPS) is 11.5. The zero-order valence-corrected chi connectivity index (χ0v) is 28.7. The molecule has 0 N–H and O–H groups in total. The molecule has 0 aliphatic rings. The number of nitrogens with zero attached hydrogens (tertiary/aromatic N) is 4. The second kappa shape index (κ2) is 13.2. The van der Waals surface area contributed by atoms with Gasteiger partial charge in [0.2, 0.25) is 0 Å². The Morgan fingerprint density at radius 1 is 0.388 bits per heavy atom. The fourth-order valence-electron chi connectivity index (χ4n) is 6.01. The second-order valence-corrected chi connectivity index (χ2v) is 14.3. The number of aromatic nitrogens is 4. The van der Waals surface area contributed by atoms with Crippen LogP contribution in [0.1, 0.15) is 25.0 Å². The summed E-state index contributed by atoms with van der Waals surface area (Å²) in [4.78, 5) is 22.1. The van der Waals surface area contributed by atoms with Gasteiger partial charge in [0, 0.05) is 27.7 Å². The highest BCUT2D eigenvalue weighted by Crippen LogP contribution is 2.36. The van der Waals surface area contributed by atoms with Crippen molar-refractivity contribution < 1.29 is 0 Å². The minimum Gasteiger partial charge on any atom is -0.228 e. The van der Waals surface area contributed by atoms with Crippen molar-refractivity contribution in [2.75, 3.05) is 0 Å². The Balaban J connectivity index is 1.10. The summed E-state index contributed by atoms with van der Waals surface area (Å²) in [6, 6.07) is 50.5. The topological polar surface area (TPSA) is 51.6 Å². The zero-order valence-electron chi connectivity index (χ0n) is 27.1.